The number of carbonyl (C=O) groups excluding carboxylic acids is 1. The van der Waals surface area contributed by atoms with Crippen LogP contribution in [0.2, 0.25) is 0 Å². The first kappa shape index (κ1) is 16.5. The van der Waals surface area contributed by atoms with Gasteiger partial charge in [-0.25, -0.2) is 17.9 Å². The molecule has 0 unspecified atom stereocenters. The molecule has 21 heavy (non-hydrogen) atoms. The molecule has 1 aromatic heterocycles. The number of hydrogen-bond donors (Lipinski definition) is 1. The summed E-state index contributed by atoms with van der Waals surface area (Å²) < 4.78 is 32.7. The van der Waals surface area contributed by atoms with Crippen molar-refractivity contribution < 1.29 is 17.9 Å². The predicted molar refractivity (Wildman–Crippen MR) is 82.2 cm³/mol. The molecular weight excluding hydrogens is 310 g/mol. The van der Waals surface area contributed by atoms with Crippen LogP contribution in [0.1, 0.15) is 53.8 Å². The van der Waals surface area contributed by atoms with Gasteiger partial charge in [0.25, 0.3) is 0 Å². The Bertz CT molecular complexity index is 598. The van der Waals surface area contributed by atoms with E-state index in [1.165, 1.54) is 7.11 Å². The number of thiophene rings is 1. The van der Waals surface area contributed by atoms with E-state index in [1.807, 2.05) is 0 Å². The third-order valence-electron chi connectivity index (χ3n) is 3.73. The van der Waals surface area contributed by atoms with E-state index in [0.29, 0.717) is 5.56 Å². The van der Waals surface area contributed by atoms with Gasteiger partial charge in [0, 0.05) is 6.04 Å². The van der Waals surface area contributed by atoms with Crippen molar-refractivity contribution >= 4 is 27.3 Å². The first-order chi connectivity index (χ1) is 9.95. The second kappa shape index (κ2) is 6.89. The first-order valence-electron chi connectivity index (χ1n) is 7.14. The standard InChI is InChI=1S/C14H21NO4S2/c1-10-9-20-12(14(16)19-2)13(10)21(17,18)15-11-7-5-3-4-6-8-11/h9,11,15H,3-8H2,1-2H3. The molecule has 1 aliphatic rings. The fraction of sp³-hybridized carbons (Fsp3) is 0.643. The lowest BCUT2D eigenvalue weighted by molar-refractivity contribution is 0.0602. The van der Waals surface area contributed by atoms with E-state index in [0.717, 1.165) is 49.9 Å². The summed E-state index contributed by atoms with van der Waals surface area (Å²) in [6, 6.07) is -0.0395. The minimum atomic E-state index is -3.69. The SMILES string of the molecule is COC(=O)c1scc(C)c1S(=O)(=O)NC1CCCCCC1. The molecule has 1 aliphatic carbocycles. The second-order valence-electron chi connectivity index (χ2n) is 5.38. The predicted octanol–water partition coefficient (Wildman–Crippen LogP) is 2.84. The number of rotatable bonds is 4. The van der Waals surface area contributed by atoms with E-state index < -0.39 is 16.0 Å². The lowest BCUT2D eigenvalue weighted by Gasteiger charge is -2.17. The Hall–Kier alpha value is -0.920. The maximum atomic E-state index is 12.6. The van der Waals surface area contributed by atoms with E-state index in [9.17, 15) is 13.2 Å². The molecule has 1 aromatic rings. The van der Waals surface area contributed by atoms with Crippen LogP contribution in [-0.2, 0) is 14.8 Å². The number of methoxy groups -OCH3 is 1. The molecule has 118 valence electrons. The molecule has 7 heteroatoms. The van der Waals surface area contributed by atoms with Gasteiger partial charge in [0.2, 0.25) is 10.0 Å². The van der Waals surface area contributed by atoms with Crippen molar-refractivity contribution in [3.8, 4) is 0 Å². The van der Waals surface area contributed by atoms with Crippen LogP contribution in [0.4, 0.5) is 0 Å². The summed E-state index contributed by atoms with van der Waals surface area (Å²) in [6.07, 6.45) is 6.11. The molecule has 0 aromatic carbocycles. The monoisotopic (exact) mass is 331 g/mol. The van der Waals surface area contributed by atoms with Crippen LogP contribution in [0.5, 0.6) is 0 Å². The fourth-order valence-corrected chi connectivity index (χ4v) is 5.69. The zero-order valence-corrected chi connectivity index (χ0v) is 14.0. The highest BCUT2D eigenvalue weighted by Crippen LogP contribution is 2.28. The van der Waals surface area contributed by atoms with Crippen molar-refractivity contribution in [2.45, 2.75) is 56.4 Å². The summed E-state index contributed by atoms with van der Waals surface area (Å²) in [5.41, 5.74) is 0.585. The highest BCUT2D eigenvalue weighted by atomic mass is 32.2. The largest absolute Gasteiger partial charge is 0.465 e. The maximum Gasteiger partial charge on any atom is 0.349 e. The minimum Gasteiger partial charge on any atom is -0.465 e. The van der Waals surface area contributed by atoms with E-state index >= 15 is 0 Å². The Kier molecular flexibility index (Phi) is 5.40. The van der Waals surface area contributed by atoms with Crippen LogP contribution < -0.4 is 4.72 Å². The van der Waals surface area contributed by atoms with Crippen LogP contribution in [0.3, 0.4) is 0 Å². The van der Waals surface area contributed by atoms with E-state index in [2.05, 4.69) is 9.46 Å². The fourth-order valence-electron chi connectivity index (χ4n) is 2.68. The minimum absolute atomic E-state index is 0.0395. The first-order valence-corrected chi connectivity index (χ1v) is 9.50. The highest BCUT2D eigenvalue weighted by Gasteiger charge is 2.29. The molecule has 1 heterocycles. The topological polar surface area (TPSA) is 72.5 Å². The molecule has 0 spiro atoms. The van der Waals surface area contributed by atoms with Crippen molar-refractivity contribution in [1.29, 1.82) is 0 Å². The van der Waals surface area contributed by atoms with Gasteiger partial charge < -0.3 is 4.74 Å². The molecule has 0 bridgehead atoms. The zero-order chi connectivity index (χ0) is 15.5. The van der Waals surface area contributed by atoms with Gasteiger partial charge in [0.1, 0.15) is 9.77 Å². The Morgan fingerprint density at radius 3 is 2.48 bits per heavy atom. The van der Waals surface area contributed by atoms with Gasteiger partial charge in [0.05, 0.1) is 7.11 Å². The molecular formula is C14H21NO4S2. The molecule has 0 aliphatic heterocycles. The molecule has 0 saturated heterocycles. The van der Waals surface area contributed by atoms with Crippen LogP contribution in [0, 0.1) is 6.92 Å². The van der Waals surface area contributed by atoms with Crippen molar-refractivity contribution in [1.82, 2.24) is 4.72 Å². The molecule has 1 N–H and O–H groups in total. The Balaban J connectivity index is 2.26. The summed E-state index contributed by atoms with van der Waals surface area (Å²) in [4.78, 5) is 12.0. The lowest BCUT2D eigenvalue weighted by Crippen LogP contribution is -2.35. The van der Waals surface area contributed by atoms with Crippen LogP contribution in [-0.4, -0.2) is 27.5 Å². The molecule has 0 radical (unpaired) electrons. The third-order valence-corrected chi connectivity index (χ3v) is 6.65. The molecule has 1 saturated carbocycles. The number of nitrogens with one attached hydrogen (secondary N) is 1. The molecule has 1 fully saturated rings. The van der Waals surface area contributed by atoms with Crippen LogP contribution in [0.15, 0.2) is 10.3 Å². The molecule has 5 nitrogen and oxygen atoms in total. The molecule has 2 rings (SSSR count). The average Bonchev–Trinajstić information content (AvgIpc) is 2.66. The van der Waals surface area contributed by atoms with Crippen LogP contribution in [0.25, 0.3) is 0 Å². The van der Waals surface area contributed by atoms with Crippen molar-refractivity contribution in [2.24, 2.45) is 0 Å². The Labute approximate surface area is 129 Å². The van der Waals surface area contributed by atoms with E-state index in [1.54, 1.807) is 12.3 Å². The lowest BCUT2D eigenvalue weighted by atomic mass is 10.1. The second-order valence-corrected chi connectivity index (χ2v) is 7.91. The van der Waals surface area contributed by atoms with Gasteiger partial charge in [-0.1, -0.05) is 25.7 Å². The van der Waals surface area contributed by atoms with Crippen molar-refractivity contribution in [3.05, 3.63) is 15.8 Å². The summed E-state index contributed by atoms with van der Waals surface area (Å²) >= 11 is 1.11. The van der Waals surface area contributed by atoms with E-state index in [4.69, 9.17) is 0 Å². The summed E-state index contributed by atoms with van der Waals surface area (Å²) in [5, 5.41) is 1.67. The number of hydrogen-bond acceptors (Lipinski definition) is 5. The maximum absolute atomic E-state index is 12.6. The number of carbonyl (C=O) groups is 1. The Morgan fingerprint density at radius 2 is 1.90 bits per heavy atom. The van der Waals surface area contributed by atoms with Gasteiger partial charge in [-0.3, -0.25) is 0 Å². The number of sulfonamides is 1. The quantitative estimate of drug-likeness (QED) is 0.680. The highest BCUT2D eigenvalue weighted by molar-refractivity contribution is 7.89. The summed E-state index contributed by atoms with van der Waals surface area (Å²) in [6.45, 7) is 1.70. The number of ether oxygens (including phenoxy) is 1. The van der Waals surface area contributed by atoms with Gasteiger partial charge in [0.15, 0.2) is 0 Å². The smallest absolute Gasteiger partial charge is 0.349 e. The zero-order valence-electron chi connectivity index (χ0n) is 12.3. The van der Waals surface area contributed by atoms with Crippen molar-refractivity contribution in [2.75, 3.05) is 7.11 Å². The van der Waals surface area contributed by atoms with Gasteiger partial charge >= 0.3 is 5.97 Å². The van der Waals surface area contributed by atoms with Gasteiger partial charge in [-0.05, 0) is 30.7 Å². The van der Waals surface area contributed by atoms with Crippen LogP contribution >= 0.6 is 11.3 Å². The summed E-state index contributed by atoms with van der Waals surface area (Å²) in [7, 11) is -2.43. The third kappa shape index (κ3) is 3.84. The molecule has 0 atom stereocenters. The summed E-state index contributed by atoms with van der Waals surface area (Å²) in [5.74, 6) is -0.602. The van der Waals surface area contributed by atoms with Crippen molar-refractivity contribution in [3.63, 3.8) is 0 Å². The van der Waals surface area contributed by atoms with Gasteiger partial charge in [-0.2, -0.15) is 0 Å². The molecule has 0 amide bonds. The average molecular weight is 331 g/mol. The number of esters is 1. The Morgan fingerprint density at radius 1 is 1.29 bits per heavy atom. The van der Waals surface area contributed by atoms with E-state index in [-0.39, 0.29) is 15.8 Å². The van der Waals surface area contributed by atoms with Gasteiger partial charge in [-0.15, -0.1) is 11.3 Å². The normalized spacial score (nSPS) is 17.4. The number of aryl methyl sites for hydroxylation is 1.